The molecule has 158 valence electrons. The van der Waals surface area contributed by atoms with Gasteiger partial charge in [0.05, 0.1) is 5.69 Å². The standard InChI is InChI=1S/C25H24N2O4/c1-18-8-12-21(13-9-18)31-23-6-3-2-5-22(23)26-24(28)17-30-20-14-10-19(11-15-20)27-16-4-7-25(27)29/h2-3,5-6,8-15H,4,7,16-17H2,1H3,(H,26,28). The molecule has 1 fully saturated rings. The van der Waals surface area contributed by atoms with E-state index in [9.17, 15) is 9.59 Å². The largest absolute Gasteiger partial charge is 0.484 e. The molecule has 1 aliphatic rings. The molecule has 0 aliphatic carbocycles. The monoisotopic (exact) mass is 416 g/mol. The SMILES string of the molecule is Cc1ccc(Oc2ccccc2NC(=O)COc2ccc(N3CCCC3=O)cc2)cc1. The van der Waals surface area contributed by atoms with Gasteiger partial charge in [-0.3, -0.25) is 9.59 Å². The van der Waals surface area contributed by atoms with Crippen LogP contribution in [-0.4, -0.2) is 25.0 Å². The van der Waals surface area contributed by atoms with Gasteiger partial charge in [0.15, 0.2) is 12.4 Å². The number of benzene rings is 3. The van der Waals surface area contributed by atoms with E-state index < -0.39 is 0 Å². The fraction of sp³-hybridized carbons (Fsp3) is 0.200. The zero-order chi connectivity index (χ0) is 21.6. The topological polar surface area (TPSA) is 67.9 Å². The van der Waals surface area contributed by atoms with Crippen LogP contribution in [0.1, 0.15) is 18.4 Å². The Morgan fingerprint density at radius 3 is 2.39 bits per heavy atom. The Kier molecular flexibility index (Phi) is 6.17. The fourth-order valence-electron chi connectivity index (χ4n) is 3.37. The van der Waals surface area contributed by atoms with Crippen LogP contribution in [0, 0.1) is 6.92 Å². The fourth-order valence-corrected chi connectivity index (χ4v) is 3.37. The van der Waals surface area contributed by atoms with Crippen LogP contribution in [0.4, 0.5) is 11.4 Å². The van der Waals surface area contributed by atoms with E-state index in [-0.39, 0.29) is 18.4 Å². The summed E-state index contributed by atoms with van der Waals surface area (Å²) < 4.78 is 11.5. The predicted octanol–water partition coefficient (Wildman–Crippen LogP) is 4.93. The van der Waals surface area contributed by atoms with Crippen molar-refractivity contribution in [2.75, 3.05) is 23.4 Å². The first kappa shape index (κ1) is 20.5. The van der Waals surface area contributed by atoms with Crippen LogP contribution in [-0.2, 0) is 9.59 Å². The molecule has 1 N–H and O–H groups in total. The molecule has 3 aromatic carbocycles. The lowest BCUT2D eigenvalue weighted by atomic mass is 10.2. The maximum absolute atomic E-state index is 12.4. The van der Waals surface area contributed by atoms with Crippen LogP contribution in [0.5, 0.6) is 17.2 Å². The second-order valence-corrected chi connectivity index (χ2v) is 7.39. The number of rotatable bonds is 7. The van der Waals surface area contributed by atoms with Crippen LogP contribution in [0.3, 0.4) is 0 Å². The Morgan fingerprint density at radius 1 is 0.968 bits per heavy atom. The number of nitrogens with one attached hydrogen (secondary N) is 1. The summed E-state index contributed by atoms with van der Waals surface area (Å²) in [4.78, 5) is 26.0. The normalized spacial score (nSPS) is 13.2. The number of aryl methyl sites for hydroxylation is 1. The molecule has 0 spiro atoms. The number of hydrogen-bond acceptors (Lipinski definition) is 4. The maximum atomic E-state index is 12.4. The number of nitrogens with zero attached hydrogens (tertiary/aromatic N) is 1. The third kappa shape index (κ3) is 5.22. The Labute approximate surface area is 181 Å². The van der Waals surface area contributed by atoms with E-state index in [4.69, 9.17) is 9.47 Å². The third-order valence-corrected chi connectivity index (χ3v) is 5.00. The van der Waals surface area contributed by atoms with Gasteiger partial charge in [-0.15, -0.1) is 0 Å². The Balaban J connectivity index is 1.34. The van der Waals surface area contributed by atoms with Crippen molar-refractivity contribution in [3.8, 4) is 17.2 Å². The summed E-state index contributed by atoms with van der Waals surface area (Å²) in [5.74, 6) is 1.66. The number of carbonyl (C=O) groups excluding carboxylic acids is 2. The highest BCUT2D eigenvalue weighted by Gasteiger charge is 2.21. The molecule has 1 heterocycles. The summed E-state index contributed by atoms with van der Waals surface area (Å²) in [7, 11) is 0. The van der Waals surface area contributed by atoms with Gasteiger partial charge in [0.2, 0.25) is 5.91 Å². The second kappa shape index (κ2) is 9.34. The molecule has 0 unspecified atom stereocenters. The summed E-state index contributed by atoms with van der Waals surface area (Å²) in [6.45, 7) is 2.61. The zero-order valence-corrected chi connectivity index (χ0v) is 17.3. The average molecular weight is 416 g/mol. The first-order chi connectivity index (χ1) is 15.1. The molecule has 3 aromatic rings. The summed E-state index contributed by atoms with van der Waals surface area (Å²) >= 11 is 0. The molecule has 0 bridgehead atoms. The van der Waals surface area contributed by atoms with Crippen molar-refractivity contribution in [3.63, 3.8) is 0 Å². The van der Waals surface area contributed by atoms with Crippen molar-refractivity contribution in [3.05, 3.63) is 78.4 Å². The van der Waals surface area contributed by atoms with Gasteiger partial charge < -0.3 is 19.7 Å². The van der Waals surface area contributed by atoms with Crippen molar-refractivity contribution in [1.82, 2.24) is 0 Å². The number of anilines is 2. The number of carbonyl (C=O) groups is 2. The van der Waals surface area contributed by atoms with Crippen molar-refractivity contribution < 1.29 is 19.1 Å². The first-order valence-corrected chi connectivity index (χ1v) is 10.2. The Morgan fingerprint density at radius 2 is 1.68 bits per heavy atom. The van der Waals surface area contributed by atoms with Gasteiger partial charge in [-0.1, -0.05) is 29.8 Å². The smallest absolute Gasteiger partial charge is 0.262 e. The van der Waals surface area contributed by atoms with Crippen LogP contribution < -0.4 is 19.7 Å². The lowest BCUT2D eigenvalue weighted by Gasteiger charge is -2.16. The molecule has 0 aromatic heterocycles. The molecule has 1 saturated heterocycles. The molecule has 31 heavy (non-hydrogen) atoms. The highest BCUT2D eigenvalue weighted by atomic mass is 16.5. The quantitative estimate of drug-likeness (QED) is 0.593. The van der Waals surface area contributed by atoms with E-state index in [1.165, 1.54) is 0 Å². The molecule has 2 amide bonds. The van der Waals surface area contributed by atoms with Gasteiger partial charge in [-0.2, -0.15) is 0 Å². The maximum Gasteiger partial charge on any atom is 0.262 e. The minimum absolute atomic E-state index is 0.138. The summed E-state index contributed by atoms with van der Waals surface area (Å²) in [6.07, 6.45) is 1.47. The molecule has 0 saturated carbocycles. The molecular formula is C25H24N2O4. The first-order valence-electron chi connectivity index (χ1n) is 10.2. The van der Waals surface area contributed by atoms with Crippen LogP contribution >= 0.6 is 0 Å². The average Bonchev–Trinajstić information content (AvgIpc) is 3.21. The van der Waals surface area contributed by atoms with Crippen molar-refractivity contribution in [1.29, 1.82) is 0 Å². The molecule has 4 rings (SSSR count). The third-order valence-electron chi connectivity index (χ3n) is 5.00. The number of amides is 2. The van der Waals surface area contributed by atoms with E-state index in [0.29, 0.717) is 29.4 Å². The summed E-state index contributed by atoms with van der Waals surface area (Å²) in [5, 5.41) is 2.83. The van der Waals surface area contributed by atoms with Crippen molar-refractivity contribution >= 4 is 23.2 Å². The van der Waals surface area contributed by atoms with Crippen molar-refractivity contribution in [2.24, 2.45) is 0 Å². The van der Waals surface area contributed by atoms with Gasteiger partial charge in [0.25, 0.3) is 5.91 Å². The van der Waals surface area contributed by atoms with E-state index in [1.54, 1.807) is 29.2 Å². The molecular weight excluding hydrogens is 392 g/mol. The minimum atomic E-state index is -0.293. The summed E-state index contributed by atoms with van der Waals surface area (Å²) in [6, 6.07) is 22.2. The molecule has 0 radical (unpaired) electrons. The van der Waals surface area contributed by atoms with Gasteiger partial charge >= 0.3 is 0 Å². The summed E-state index contributed by atoms with van der Waals surface area (Å²) in [5.41, 5.74) is 2.56. The van der Waals surface area contributed by atoms with Crippen molar-refractivity contribution in [2.45, 2.75) is 19.8 Å². The van der Waals surface area contributed by atoms with E-state index >= 15 is 0 Å². The molecule has 6 nitrogen and oxygen atoms in total. The van der Waals surface area contributed by atoms with Gasteiger partial charge in [0, 0.05) is 18.7 Å². The lowest BCUT2D eigenvalue weighted by Crippen LogP contribution is -2.23. The highest BCUT2D eigenvalue weighted by Crippen LogP contribution is 2.29. The van der Waals surface area contributed by atoms with Gasteiger partial charge in [-0.25, -0.2) is 0 Å². The highest BCUT2D eigenvalue weighted by molar-refractivity contribution is 5.95. The van der Waals surface area contributed by atoms with Crippen LogP contribution in [0.25, 0.3) is 0 Å². The van der Waals surface area contributed by atoms with Crippen LogP contribution in [0.15, 0.2) is 72.8 Å². The van der Waals surface area contributed by atoms with Gasteiger partial charge in [-0.05, 0) is 61.9 Å². The lowest BCUT2D eigenvalue weighted by molar-refractivity contribution is -0.118. The van der Waals surface area contributed by atoms with Crippen LogP contribution in [0.2, 0.25) is 0 Å². The minimum Gasteiger partial charge on any atom is -0.484 e. The number of hydrogen-bond donors (Lipinski definition) is 1. The second-order valence-electron chi connectivity index (χ2n) is 7.39. The predicted molar refractivity (Wildman–Crippen MR) is 120 cm³/mol. The number of para-hydroxylation sites is 2. The van der Waals surface area contributed by atoms with Gasteiger partial charge in [0.1, 0.15) is 11.5 Å². The van der Waals surface area contributed by atoms with E-state index in [0.717, 1.165) is 24.2 Å². The molecule has 0 atom stereocenters. The zero-order valence-electron chi connectivity index (χ0n) is 17.3. The Hall–Kier alpha value is -3.80. The van der Waals surface area contributed by atoms with E-state index in [1.807, 2.05) is 55.5 Å². The Bertz CT molecular complexity index is 1060. The molecule has 6 heteroatoms. The van der Waals surface area contributed by atoms with E-state index in [2.05, 4.69) is 5.32 Å². The molecule has 1 aliphatic heterocycles. The number of ether oxygens (including phenoxy) is 2.